The highest BCUT2D eigenvalue weighted by Gasteiger charge is 2.12. The van der Waals surface area contributed by atoms with E-state index in [1.54, 1.807) is 11.9 Å². The summed E-state index contributed by atoms with van der Waals surface area (Å²) in [6, 6.07) is 0. The zero-order valence-electron chi connectivity index (χ0n) is 10.6. The van der Waals surface area contributed by atoms with Gasteiger partial charge in [0.1, 0.15) is 11.2 Å². The molecule has 0 aromatic carbocycles. The van der Waals surface area contributed by atoms with E-state index in [-0.39, 0.29) is 18.0 Å². The molecular formula is C12H15N3O2S. The highest BCUT2D eigenvalue weighted by atomic mass is 32.1. The van der Waals surface area contributed by atoms with Crippen LogP contribution in [0.3, 0.4) is 0 Å². The first kappa shape index (κ1) is 12.8. The van der Waals surface area contributed by atoms with Gasteiger partial charge >= 0.3 is 0 Å². The van der Waals surface area contributed by atoms with Crippen LogP contribution in [0.25, 0.3) is 10.2 Å². The first-order valence-electron chi connectivity index (χ1n) is 5.71. The maximum Gasteiger partial charge on any atom is 0.271 e. The maximum absolute atomic E-state index is 12.2. The van der Waals surface area contributed by atoms with Crippen LogP contribution in [0.5, 0.6) is 0 Å². The molecule has 0 unspecified atom stereocenters. The summed E-state index contributed by atoms with van der Waals surface area (Å²) in [7, 11) is 1.72. The van der Waals surface area contributed by atoms with Crippen molar-refractivity contribution < 1.29 is 4.79 Å². The number of hydrogen-bond acceptors (Lipinski definition) is 4. The molecule has 2 aromatic rings. The van der Waals surface area contributed by atoms with Gasteiger partial charge in [-0.1, -0.05) is 0 Å². The van der Waals surface area contributed by atoms with E-state index in [2.05, 4.69) is 4.98 Å². The Morgan fingerprint density at radius 1 is 1.56 bits per heavy atom. The van der Waals surface area contributed by atoms with Gasteiger partial charge in [0, 0.05) is 13.6 Å². The van der Waals surface area contributed by atoms with E-state index in [1.807, 2.05) is 19.2 Å². The lowest BCUT2D eigenvalue weighted by Crippen LogP contribution is -2.33. The molecule has 0 radical (unpaired) electrons. The standard InChI is InChI=1S/C12H15N3O2S/c1-4-14(3)9(16)5-15-7-13-10-8(2)6-18-11(10)12(15)17/h6-7H,4-5H2,1-3H3. The van der Waals surface area contributed by atoms with Gasteiger partial charge in [-0.2, -0.15) is 0 Å². The zero-order valence-corrected chi connectivity index (χ0v) is 11.5. The van der Waals surface area contributed by atoms with E-state index in [0.717, 1.165) is 11.1 Å². The smallest absolute Gasteiger partial charge is 0.271 e. The van der Waals surface area contributed by atoms with Gasteiger partial charge in [0.05, 0.1) is 11.8 Å². The third-order valence-electron chi connectivity index (χ3n) is 2.93. The first-order valence-corrected chi connectivity index (χ1v) is 6.59. The SMILES string of the molecule is CCN(C)C(=O)Cn1cnc2c(C)csc2c1=O. The van der Waals surface area contributed by atoms with Crippen LogP contribution in [-0.2, 0) is 11.3 Å². The van der Waals surface area contributed by atoms with Gasteiger partial charge < -0.3 is 4.90 Å². The maximum atomic E-state index is 12.2. The third kappa shape index (κ3) is 2.15. The molecule has 0 aliphatic carbocycles. The summed E-state index contributed by atoms with van der Waals surface area (Å²) in [5.74, 6) is -0.0889. The molecule has 0 N–H and O–H groups in total. The molecule has 0 spiro atoms. The molecule has 2 aromatic heterocycles. The Balaban J connectivity index is 2.38. The van der Waals surface area contributed by atoms with Crippen LogP contribution in [0.4, 0.5) is 0 Å². The van der Waals surface area contributed by atoms with Gasteiger partial charge in [-0.3, -0.25) is 14.2 Å². The quantitative estimate of drug-likeness (QED) is 0.839. The lowest BCUT2D eigenvalue weighted by atomic mass is 10.3. The van der Waals surface area contributed by atoms with Gasteiger partial charge in [0.15, 0.2) is 0 Å². The molecule has 2 heterocycles. The number of fused-ring (bicyclic) bond motifs is 1. The summed E-state index contributed by atoms with van der Waals surface area (Å²) in [6.45, 7) is 4.49. The van der Waals surface area contributed by atoms with Crippen molar-refractivity contribution in [2.24, 2.45) is 0 Å². The van der Waals surface area contributed by atoms with Crippen molar-refractivity contribution in [3.8, 4) is 0 Å². The van der Waals surface area contributed by atoms with Crippen LogP contribution in [0.1, 0.15) is 12.5 Å². The van der Waals surface area contributed by atoms with Crippen molar-refractivity contribution >= 4 is 27.5 Å². The van der Waals surface area contributed by atoms with Gasteiger partial charge in [-0.15, -0.1) is 11.3 Å². The lowest BCUT2D eigenvalue weighted by molar-refractivity contribution is -0.130. The number of rotatable bonds is 3. The summed E-state index contributed by atoms with van der Waals surface area (Å²) >= 11 is 1.38. The Bertz CT molecular complexity index is 644. The third-order valence-corrected chi connectivity index (χ3v) is 4.00. The molecule has 6 heteroatoms. The predicted octanol–water partition coefficient (Wildman–Crippen LogP) is 1.24. The zero-order chi connectivity index (χ0) is 13.3. The predicted molar refractivity (Wildman–Crippen MR) is 71.9 cm³/mol. The second kappa shape index (κ2) is 4.89. The Hall–Kier alpha value is -1.69. The van der Waals surface area contributed by atoms with E-state index in [0.29, 0.717) is 11.2 Å². The summed E-state index contributed by atoms with van der Waals surface area (Å²) < 4.78 is 1.98. The fourth-order valence-corrected chi connectivity index (χ4v) is 2.57. The van der Waals surface area contributed by atoms with Crippen molar-refractivity contribution in [3.63, 3.8) is 0 Å². The normalized spacial score (nSPS) is 10.8. The van der Waals surface area contributed by atoms with E-state index in [1.165, 1.54) is 22.2 Å². The summed E-state index contributed by atoms with van der Waals surface area (Å²) in [6.07, 6.45) is 1.45. The number of aromatic nitrogens is 2. The first-order chi connectivity index (χ1) is 8.54. The minimum Gasteiger partial charge on any atom is -0.344 e. The van der Waals surface area contributed by atoms with Crippen LogP contribution >= 0.6 is 11.3 Å². The molecule has 0 fully saturated rings. The van der Waals surface area contributed by atoms with Crippen LogP contribution in [0.15, 0.2) is 16.5 Å². The van der Waals surface area contributed by atoms with Crippen molar-refractivity contribution in [3.05, 3.63) is 27.6 Å². The topological polar surface area (TPSA) is 55.2 Å². The van der Waals surface area contributed by atoms with Crippen molar-refractivity contribution in [2.45, 2.75) is 20.4 Å². The lowest BCUT2D eigenvalue weighted by Gasteiger charge is -2.14. The average Bonchev–Trinajstić information content (AvgIpc) is 2.74. The Morgan fingerprint density at radius 2 is 2.28 bits per heavy atom. The minimum atomic E-state index is -0.143. The molecule has 0 atom stereocenters. The molecule has 1 amide bonds. The molecule has 0 saturated heterocycles. The number of amides is 1. The van der Waals surface area contributed by atoms with Crippen molar-refractivity contribution in [1.82, 2.24) is 14.5 Å². The van der Waals surface area contributed by atoms with E-state index in [9.17, 15) is 9.59 Å². The molecule has 96 valence electrons. The molecule has 0 aliphatic rings. The van der Waals surface area contributed by atoms with Gasteiger partial charge in [0.25, 0.3) is 5.56 Å². The number of hydrogen-bond donors (Lipinski definition) is 0. The van der Waals surface area contributed by atoms with Crippen molar-refractivity contribution in [1.29, 1.82) is 0 Å². The molecule has 2 rings (SSSR count). The van der Waals surface area contributed by atoms with Gasteiger partial charge in [-0.25, -0.2) is 4.98 Å². The van der Waals surface area contributed by atoms with E-state index >= 15 is 0 Å². The molecule has 0 bridgehead atoms. The second-order valence-electron chi connectivity index (χ2n) is 4.18. The highest BCUT2D eigenvalue weighted by Crippen LogP contribution is 2.19. The number of nitrogens with zero attached hydrogens (tertiary/aromatic N) is 3. The van der Waals surface area contributed by atoms with E-state index < -0.39 is 0 Å². The fourth-order valence-electron chi connectivity index (χ4n) is 1.62. The number of thiophene rings is 1. The number of carbonyl (C=O) groups is 1. The van der Waals surface area contributed by atoms with Crippen LogP contribution in [0, 0.1) is 6.92 Å². The average molecular weight is 265 g/mol. The Morgan fingerprint density at radius 3 is 2.94 bits per heavy atom. The van der Waals surface area contributed by atoms with Gasteiger partial charge in [0.2, 0.25) is 5.91 Å². The number of aryl methyl sites for hydroxylation is 1. The van der Waals surface area contributed by atoms with Crippen LogP contribution in [0.2, 0.25) is 0 Å². The minimum absolute atomic E-state index is 0.0447. The Labute approximate surface area is 109 Å². The molecule has 5 nitrogen and oxygen atoms in total. The summed E-state index contributed by atoms with van der Waals surface area (Å²) in [5, 5.41) is 1.91. The van der Waals surface area contributed by atoms with E-state index in [4.69, 9.17) is 0 Å². The van der Waals surface area contributed by atoms with Crippen LogP contribution < -0.4 is 5.56 Å². The molecular weight excluding hydrogens is 250 g/mol. The molecule has 0 saturated carbocycles. The largest absolute Gasteiger partial charge is 0.344 e. The Kier molecular flexibility index (Phi) is 3.47. The summed E-state index contributed by atoms with van der Waals surface area (Å²) in [4.78, 5) is 29.8. The number of likely N-dealkylation sites (N-methyl/N-ethyl adjacent to an activating group) is 1. The second-order valence-corrected chi connectivity index (χ2v) is 5.06. The molecule has 0 aliphatic heterocycles. The van der Waals surface area contributed by atoms with Gasteiger partial charge in [-0.05, 0) is 24.8 Å². The van der Waals surface area contributed by atoms with Crippen molar-refractivity contribution in [2.75, 3.05) is 13.6 Å². The number of carbonyl (C=O) groups excluding carboxylic acids is 1. The fraction of sp³-hybridized carbons (Fsp3) is 0.417. The molecule has 18 heavy (non-hydrogen) atoms. The summed E-state index contributed by atoms with van der Waals surface area (Å²) in [5.41, 5.74) is 1.59. The van der Waals surface area contributed by atoms with Crippen LogP contribution in [-0.4, -0.2) is 34.0 Å². The monoisotopic (exact) mass is 265 g/mol. The highest BCUT2D eigenvalue weighted by molar-refractivity contribution is 7.17.